The van der Waals surface area contributed by atoms with E-state index in [4.69, 9.17) is 9.72 Å². The molecule has 0 saturated heterocycles. The molecule has 1 aromatic heterocycles. The van der Waals surface area contributed by atoms with Gasteiger partial charge in [-0.1, -0.05) is 36.4 Å². The van der Waals surface area contributed by atoms with Gasteiger partial charge in [0.2, 0.25) is 0 Å². The predicted molar refractivity (Wildman–Crippen MR) is 109 cm³/mol. The van der Waals surface area contributed by atoms with Crippen molar-refractivity contribution in [3.05, 3.63) is 71.5 Å². The smallest absolute Gasteiger partial charge is 0.339 e. The molecule has 0 radical (unpaired) electrons. The molecule has 0 unspecified atom stereocenters. The number of esters is 1. The summed E-state index contributed by atoms with van der Waals surface area (Å²) in [5, 5.41) is 1.85. The van der Waals surface area contributed by atoms with Crippen LogP contribution >= 0.6 is 0 Å². The molecule has 3 aromatic rings. The maximum absolute atomic E-state index is 12.3. The van der Waals surface area contributed by atoms with Gasteiger partial charge in [0.15, 0.2) is 11.6 Å². The first kappa shape index (κ1) is 16.5. The highest BCUT2D eigenvalue weighted by Gasteiger charge is 2.48. The molecule has 7 nitrogen and oxygen atoms in total. The lowest BCUT2D eigenvalue weighted by Crippen LogP contribution is -2.32. The van der Waals surface area contributed by atoms with Gasteiger partial charge in [-0.3, -0.25) is 10.9 Å². The van der Waals surface area contributed by atoms with Crippen LogP contribution in [-0.4, -0.2) is 15.9 Å². The van der Waals surface area contributed by atoms with Crippen molar-refractivity contribution in [2.45, 2.75) is 37.2 Å². The van der Waals surface area contributed by atoms with Crippen LogP contribution in [0.5, 0.6) is 0 Å². The molecular formula is C22H21N5O2. The summed E-state index contributed by atoms with van der Waals surface area (Å²) in [4.78, 5) is 20.5. The number of hydrogen-bond acceptors (Lipinski definition) is 6. The Morgan fingerprint density at radius 1 is 1.00 bits per heavy atom. The molecular weight excluding hydrogens is 366 g/mol. The van der Waals surface area contributed by atoms with Gasteiger partial charge in [0.25, 0.3) is 0 Å². The summed E-state index contributed by atoms with van der Waals surface area (Å²) >= 11 is 0. The van der Waals surface area contributed by atoms with Gasteiger partial charge in [-0.2, -0.15) is 5.12 Å². The number of hydrazine groups is 2. The van der Waals surface area contributed by atoms with Crippen LogP contribution in [0.25, 0.3) is 0 Å². The number of rotatable bonds is 2. The third-order valence-electron chi connectivity index (χ3n) is 6.28. The van der Waals surface area contributed by atoms with Crippen molar-refractivity contribution in [1.82, 2.24) is 9.97 Å². The van der Waals surface area contributed by atoms with Crippen molar-refractivity contribution in [3.63, 3.8) is 0 Å². The Bertz CT molecular complexity index is 1060. The average Bonchev–Trinajstić information content (AvgIpc) is 3.41. The van der Waals surface area contributed by atoms with Crippen molar-refractivity contribution in [2.24, 2.45) is 0 Å². The van der Waals surface area contributed by atoms with E-state index in [2.05, 4.69) is 15.8 Å². The van der Waals surface area contributed by atoms with E-state index in [1.54, 1.807) is 0 Å². The fourth-order valence-corrected chi connectivity index (χ4v) is 4.77. The normalized spacial score (nSPS) is 24.6. The highest BCUT2D eigenvalue weighted by molar-refractivity contribution is 5.94. The first-order chi connectivity index (χ1) is 14.2. The molecule has 1 aliphatic carbocycles. The Balaban J connectivity index is 1.17. The first-order valence-electron chi connectivity index (χ1n) is 10.0. The maximum atomic E-state index is 12.3. The number of fused-ring (bicyclic) bond motifs is 3. The fourth-order valence-electron chi connectivity index (χ4n) is 4.77. The third kappa shape index (κ3) is 2.50. The Morgan fingerprint density at radius 2 is 1.76 bits per heavy atom. The van der Waals surface area contributed by atoms with E-state index in [-0.39, 0.29) is 5.97 Å². The van der Waals surface area contributed by atoms with E-state index in [9.17, 15) is 4.79 Å². The van der Waals surface area contributed by atoms with Crippen molar-refractivity contribution >= 4 is 23.3 Å². The van der Waals surface area contributed by atoms with Crippen LogP contribution in [0.2, 0.25) is 0 Å². The summed E-state index contributed by atoms with van der Waals surface area (Å²) < 4.78 is 5.87. The van der Waals surface area contributed by atoms with Crippen molar-refractivity contribution in [3.8, 4) is 0 Å². The first-order valence-corrected chi connectivity index (χ1v) is 10.0. The molecule has 29 heavy (non-hydrogen) atoms. The third-order valence-corrected chi connectivity index (χ3v) is 6.28. The Kier molecular flexibility index (Phi) is 3.41. The minimum atomic E-state index is -0.458. The second-order valence-corrected chi connectivity index (χ2v) is 7.94. The Morgan fingerprint density at radius 3 is 2.55 bits per heavy atom. The summed E-state index contributed by atoms with van der Waals surface area (Å²) in [7, 11) is 0. The van der Waals surface area contributed by atoms with Crippen molar-refractivity contribution in [2.75, 3.05) is 16.0 Å². The Labute approximate surface area is 168 Å². The van der Waals surface area contributed by atoms with Crippen LogP contribution in [0, 0.1) is 0 Å². The lowest BCUT2D eigenvalue weighted by Gasteiger charge is -2.36. The number of nitrogens with one attached hydrogen (secondary N) is 3. The number of anilines is 3. The molecule has 1 fully saturated rings. The second kappa shape index (κ2) is 6.01. The minimum Gasteiger partial charge on any atom is -0.451 e. The van der Waals surface area contributed by atoms with Crippen LogP contribution in [-0.2, 0) is 10.3 Å². The van der Waals surface area contributed by atoms with Gasteiger partial charge in [-0.25, -0.2) is 9.78 Å². The van der Waals surface area contributed by atoms with Gasteiger partial charge >= 0.3 is 5.97 Å². The number of aromatic nitrogens is 2. The molecule has 3 N–H and O–H groups in total. The molecule has 3 heterocycles. The summed E-state index contributed by atoms with van der Waals surface area (Å²) in [6.07, 6.45) is 3.50. The number of carbonyl (C=O) groups excluding carboxylic acids is 1. The van der Waals surface area contributed by atoms with Gasteiger partial charge in [0, 0.05) is 11.5 Å². The van der Waals surface area contributed by atoms with E-state index in [0.29, 0.717) is 5.92 Å². The van der Waals surface area contributed by atoms with Crippen LogP contribution in [0.1, 0.15) is 53.3 Å². The standard InChI is InChI=1S/C22H21N5O2/c28-21-16-8-4-5-9-17(16)22(29-21)12-10-14(11-13-22)18-23-19-20(24-18)26-27(25-19)15-6-2-1-3-7-15/h1-9,14,25-26H,10-13H2,(H,23,24). The van der Waals surface area contributed by atoms with E-state index in [1.807, 2.05) is 59.7 Å². The maximum Gasteiger partial charge on any atom is 0.339 e. The summed E-state index contributed by atoms with van der Waals surface area (Å²) in [5.74, 6) is 2.80. The van der Waals surface area contributed by atoms with Gasteiger partial charge in [-0.05, 0) is 43.9 Å². The zero-order valence-corrected chi connectivity index (χ0v) is 15.8. The number of ether oxygens (including phenoxy) is 1. The number of nitrogens with zero attached hydrogens (tertiary/aromatic N) is 2. The van der Waals surface area contributed by atoms with Crippen LogP contribution < -0.4 is 16.0 Å². The van der Waals surface area contributed by atoms with E-state index >= 15 is 0 Å². The van der Waals surface area contributed by atoms with Crippen LogP contribution in [0.3, 0.4) is 0 Å². The van der Waals surface area contributed by atoms with E-state index in [1.165, 1.54) is 0 Å². The molecule has 3 aliphatic rings. The lowest BCUT2D eigenvalue weighted by atomic mass is 9.75. The number of para-hydroxylation sites is 1. The SMILES string of the molecule is O=C1OC2(CCC(c3nc4c([nH]3)NN(c3ccccc3)N4)CC2)c2ccccc21. The monoisotopic (exact) mass is 387 g/mol. The number of imidazole rings is 1. The summed E-state index contributed by atoms with van der Waals surface area (Å²) in [5.41, 5.74) is 8.93. The van der Waals surface area contributed by atoms with Crippen LogP contribution in [0.15, 0.2) is 54.6 Å². The second-order valence-electron chi connectivity index (χ2n) is 7.94. The lowest BCUT2D eigenvalue weighted by molar-refractivity contribution is -0.0312. The van der Waals surface area contributed by atoms with Crippen LogP contribution in [0.4, 0.5) is 17.3 Å². The van der Waals surface area contributed by atoms with Crippen molar-refractivity contribution in [1.29, 1.82) is 0 Å². The highest BCUT2D eigenvalue weighted by atomic mass is 16.6. The molecule has 0 atom stereocenters. The Hall–Kier alpha value is -3.48. The molecule has 0 bridgehead atoms. The van der Waals surface area contributed by atoms with E-state index in [0.717, 1.165) is 60.0 Å². The molecule has 146 valence electrons. The summed E-state index contributed by atoms with van der Waals surface area (Å²) in [6.45, 7) is 0. The molecule has 1 saturated carbocycles. The van der Waals surface area contributed by atoms with Gasteiger partial charge in [0.1, 0.15) is 11.4 Å². The van der Waals surface area contributed by atoms with Gasteiger partial charge in [0.05, 0.1) is 11.3 Å². The number of hydrogen-bond donors (Lipinski definition) is 3. The number of aromatic amines is 1. The highest BCUT2D eigenvalue weighted by Crippen LogP contribution is 2.50. The van der Waals surface area contributed by atoms with Gasteiger partial charge in [-0.15, -0.1) is 0 Å². The van der Waals surface area contributed by atoms with Crippen molar-refractivity contribution < 1.29 is 9.53 Å². The number of carbonyl (C=O) groups is 1. The number of H-pyrrole nitrogens is 1. The average molecular weight is 387 g/mol. The summed E-state index contributed by atoms with van der Waals surface area (Å²) in [6, 6.07) is 17.8. The van der Waals surface area contributed by atoms with Gasteiger partial charge < -0.3 is 9.72 Å². The molecule has 2 aromatic carbocycles. The quantitative estimate of drug-likeness (QED) is 0.569. The molecule has 0 amide bonds. The predicted octanol–water partition coefficient (Wildman–Crippen LogP) is 4.31. The zero-order valence-electron chi connectivity index (χ0n) is 15.8. The zero-order chi connectivity index (χ0) is 19.4. The fraction of sp³-hybridized carbons (Fsp3) is 0.273. The number of benzene rings is 2. The molecule has 1 spiro atoms. The van der Waals surface area contributed by atoms with E-state index < -0.39 is 5.60 Å². The largest absolute Gasteiger partial charge is 0.451 e. The molecule has 6 rings (SSSR count). The minimum absolute atomic E-state index is 0.189. The molecule has 7 heteroatoms. The molecule has 2 aliphatic heterocycles. The topological polar surface area (TPSA) is 82.3 Å².